The van der Waals surface area contributed by atoms with Gasteiger partial charge in [-0.25, -0.2) is 8.78 Å². The number of aliphatic hydroxyl groups is 2. The topological polar surface area (TPSA) is 125 Å². The molecule has 10 atom stereocenters. The van der Waals surface area contributed by atoms with Gasteiger partial charge in [0.05, 0.1) is 17.9 Å². The smallest absolute Gasteiger partial charge is 0.193 e. The molecule has 46 heavy (non-hydrogen) atoms. The summed E-state index contributed by atoms with van der Waals surface area (Å²) in [5.74, 6) is -2.48. The van der Waals surface area contributed by atoms with Crippen molar-refractivity contribution in [3.63, 3.8) is 0 Å². The maximum absolute atomic E-state index is 17.6. The first kappa shape index (κ1) is 31.2. The van der Waals surface area contributed by atoms with Crippen LogP contribution in [0.3, 0.4) is 0 Å². The van der Waals surface area contributed by atoms with Crippen LogP contribution in [0.5, 0.6) is 5.75 Å². The van der Waals surface area contributed by atoms with Crippen LogP contribution in [-0.2, 0) is 25.5 Å². The zero-order chi connectivity index (χ0) is 32.8. The minimum Gasteiger partial charge on any atom is -0.506 e. The lowest BCUT2D eigenvalue weighted by molar-refractivity contribution is -0.235. The monoisotopic (exact) mass is 635 g/mol. The standard InChI is InChI=1S/C36H39F2NO7/c1-33-11-10-22(41)14-25(33)26(37)15-24-23-16-31-36(30(44)18-40,34(23,2)17-29(43)35(24,33)38)46-32(45-31)21-7-4-19(5-8-21)12-20-6-9-28(42)27(13-20)39-3/h4-11,13-14,23-24,26,29,31-32,39-40,42-43H,12,15-18H2,1-3H3/t23-,24-,26-,29-,31+,32+,33-,34-,35-,36+/m0/s1. The molecule has 8 nitrogen and oxygen atoms in total. The van der Waals surface area contributed by atoms with Crippen molar-refractivity contribution in [1.82, 2.24) is 0 Å². The van der Waals surface area contributed by atoms with Gasteiger partial charge in [-0.1, -0.05) is 43.3 Å². The number of aliphatic hydroxyl groups excluding tert-OH is 2. The van der Waals surface area contributed by atoms with E-state index in [9.17, 15) is 24.9 Å². The second kappa shape index (κ2) is 10.5. The van der Waals surface area contributed by atoms with Gasteiger partial charge in [-0.2, -0.15) is 0 Å². The van der Waals surface area contributed by atoms with Crippen LogP contribution in [0.1, 0.15) is 56.1 Å². The maximum atomic E-state index is 17.6. The molecule has 4 aliphatic carbocycles. The van der Waals surface area contributed by atoms with Crippen molar-refractivity contribution in [3.05, 3.63) is 83.0 Å². The predicted molar refractivity (Wildman–Crippen MR) is 164 cm³/mol. The molecular formula is C36H39F2NO7. The van der Waals surface area contributed by atoms with Crippen LogP contribution in [0.15, 0.2) is 66.3 Å². The fourth-order valence-corrected chi connectivity index (χ4v) is 9.64. The average Bonchev–Trinajstić information content (AvgIpc) is 3.54. The lowest BCUT2D eigenvalue weighted by Crippen LogP contribution is -2.70. The number of hydrogen-bond acceptors (Lipinski definition) is 8. The van der Waals surface area contributed by atoms with E-state index in [1.54, 1.807) is 20.0 Å². The number of phenols is 1. The SMILES string of the molecule is CNc1cc(Cc2ccc([C@@H]3O[C@@H]4C[C@H]5[C@@H]6C[C@H](F)C7=CC(=O)C=C[C@]7(C)[C@@]6(F)[C@@H](O)C[C@]5(C)[C@]4(C(=O)CO)O3)cc2)ccc1O. The highest BCUT2D eigenvalue weighted by Crippen LogP contribution is 2.72. The molecule has 2 aromatic rings. The number of aromatic hydroxyl groups is 1. The van der Waals surface area contributed by atoms with Gasteiger partial charge < -0.3 is 30.1 Å². The van der Waals surface area contributed by atoms with Crippen molar-refractivity contribution in [1.29, 1.82) is 0 Å². The molecule has 244 valence electrons. The number of ketones is 2. The largest absolute Gasteiger partial charge is 0.506 e. The summed E-state index contributed by atoms with van der Waals surface area (Å²) in [6, 6.07) is 12.9. The molecule has 0 bridgehead atoms. The number of nitrogens with one attached hydrogen (secondary N) is 1. The van der Waals surface area contributed by atoms with E-state index in [1.165, 1.54) is 19.1 Å². The molecule has 7 rings (SSSR count). The second-order valence-electron chi connectivity index (χ2n) is 14.0. The number of anilines is 1. The number of rotatable bonds is 6. The number of Topliss-reactive ketones (excluding diaryl/α,β-unsaturated/α-hetero) is 1. The first-order valence-electron chi connectivity index (χ1n) is 15.8. The molecule has 1 heterocycles. The van der Waals surface area contributed by atoms with Crippen LogP contribution in [0.4, 0.5) is 14.5 Å². The molecular weight excluding hydrogens is 596 g/mol. The van der Waals surface area contributed by atoms with Crippen LogP contribution < -0.4 is 5.32 Å². The lowest BCUT2D eigenvalue weighted by Gasteiger charge is -2.63. The van der Waals surface area contributed by atoms with Crippen molar-refractivity contribution in [2.75, 3.05) is 19.0 Å². The van der Waals surface area contributed by atoms with E-state index in [1.807, 2.05) is 36.4 Å². The fourth-order valence-electron chi connectivity index (χ4n) is 9.64. The van der Waals surface area contributed by atoms with Crippen molar-refractivity contribution in [3.8, 4) is 5.75 Å². The zero-order valence-electron chi connectivity index (χ0n) is 26.0. The molecule has 5 aliphatic rings. The summed E-state index contributed by atoms with van der Waals surface area (Å²) >= 11 is 0. The summed E-state index contributed by atoms with van der Waals surface area (Å²) in [6.07, 6.45) is -0.906. The quantitative estimate of drug-likeness (QED) is 0.338. The van der Waals surface area contributed by atoms with Gasteiger partial charge in [-0.3, -0.25) is 9.59 Å². The van der Waals surface area contributed by atoms with Crippen molar-refractivity contribution < 1.29 is 43.2 Å². The molecule has 4 fully saturated rings. The summed E-state index contributed by atoms with van der Waals surface area (Å²) < 4.78 is 46.4. The highest BCUT2D eigenvalue weighted by molar-refractivity contribution is 6.01. The van der Waals surface area contributed by atoms with Crippen molar-refractivity contribution in [2.24, 2.45) is 22.7 Å². The Morgan fingerprint density at radius 2 is 1.80 bits per heavy atom. The van der Waals surface area contributed by atoms with E-state index in [0.29, 0.717) is 17.7 Å². The normalized spacial score (nSPS) is 40.8. The van der Waals surface area contributed by atoms with Gasteiger partial charge >= 0.3 is 0 Å². The Kier molecular flexibility index (Phi) is 7.14. The Balaban J connectivity index is 1.19. The molecule has 0 spiro atoms. The van der Waals surface area contributed by atoms with E-state index >= 15 is 8.78 Å². The molecule has 3 saturated carbocycles. The molecule has 1 aliphatic heterocycles. The Labute approximate surface area is 266 Å². The third-order valence-corrected chi connectivity index (χ3v) is 11.9. The Hall–Kier alpha value is -3.44. The summed E-state index contributed by atoms with van der Waals surface area (Å²) in [5.41, 5.74) is -3.40. The maximum Gasteiger partial charge on any atom is 0.193 e. The van der Waals surface area contributed by atoms with Crippen LogP contribution >= 0.6 is 0 Å². The number of fused-ring (bicyclic) bond motifs is 7. The van der Waals surface area contributed by atoms with Gasteiger partial charge in [0, 0.05) is 29.4 Å². The van der Waals surface area contributed by atoms with Gasteiger partial charge in [0.1, 0.15) is 18.5 Å². The van der Waals surface area contributed by atoms with Crippen LogP contribution in [0, 0.1) is 22.7 Å². The number of alkyl halides is 2. The molecule has 1 saturated heterocycles. The number of hydrogen-bond donors (Lipinski definition) is 4. The van der Waals surface area contributed by atoms with Gasteiger partial charge in [-0.05, 0) is 79.5 Å². The Morgan fingerprint density at radius 3 is 2.50 bits per heavy atom. The second-order valence-corrected chi connectivity index (χ2v) is 14.0. The van der Waals surface area contributed by atoms with Crippen LogP contribution in [-0.4, -0.2) is 70.2 Å². The number of carbonyl (C=O) groups excluding carboxylic acids is 2. The highest BCUT2D eigenvalue weighted by atomic mass is 19.1. The average molecular weight is 636 g/mol. The number of phenolic OH excluding ortho intramolecular Hbond substituents is 1. The lowest BCUT2D eigenvalue weighted by atomic mass is 9.44. The van der Waals surface area contributed by atoms with E-state index in [2.05, 4.69) is 5.32 Å². The Bertz CT molecular complexity index is 1660. The molecule has 0 radical (unpaired) electrons. The predicted octanol–water partition coefficient (Wildman–Crippen LogP) is 4.67. The van der Waals surface area contributed by atoms with Gasteiger partial charge in [0.15, 0.2) is 29.1 Å². The molecule has 4 N–H and O–H groups in total. The van der Waals surface area contributed by atoms with E-state index in [-0.39, 0.29) is 30.6 Å². The van der Waals surface area contributed by atoms with Gasteiger partial charge in [0.2, 0.25) is 0 Å². The molecule has 10 heteroatoms. The Morgan fingerprint density at radius 1 is 1.09 bits per heavy atom. The number of ether oxygens (including phenoxy) is 2. The fraction of sp³-hybridized carbons (Fsp3) is 0.500. The van der Waals surface area contributed by atoms with Crippen LogP contribution in [0.2, 0.25) is 0 Å². The molecule has 0 unspecified atom stereocenters. The van der Waals surface area contributed by atoms with Crippen molar-refractivity contribution >= 4 is 17.3 Å². The molecule has 2 aromatic carbocycles. The van der Waals surface area contributed by atoms with Gasteiger partial charge in [0.25, 0.3) is 0 Å². The number of allylic oxidation sites excluding steroid dienone is 4. The molecule has 0 aromatic heterocycles. The third-order valence-electron chi connectivity index (χ3n) is 11.9. The number of benzene rings is 2. The van der Waals surface area contributed by atoms with E-state index in [4.69, 9.17) is 9.47 Å². The number of halogens is 2. The first-order valence-corrected chi connectivity index (χ1v) is 15.8. The summed E-state index contributed by atoms with van der Waals surface area (Å²) in [4.78, 5) is 25.9. The number of carbonyl (C=O) groups is 2. The summed E-state index contributed by atoms with van der Waals surface area (Å²) in [5, 5.41) is 34.8. The summed E-state index contributed by atoms with van der Waals surface area (Å²) in [6.45, 7) is 2.46. The summed E-state index contributed by atoms with van der Waals surface area (Å²) in [7, 11) is 1.74. The minimum absolute atomic E-state index is 0.0321. The zero-order valence-corrected chi connectivity index (χ0v) is 26.0. The van der Waals surface area contributed by atoms with E-state index < -0.39 is 76.8 Å². The first-order chi connectivity index (χ1) is 21.8. The van der Waals surface area contributed by atoms with Gasteiger partial charge in [-0.15, -0.1) is 0 Å². The van der Waals surface area contributed by atoms with Crippen LogP contribution in [0.25, 0.3) is 0 Å². The minimum atomic E-state index is -2.30. The van der Waals surface area contributed by atoms with E-state index in [0.717, 1.165) is 17.2 Å². The van der Waals surface area contributed by atoms with Crippen molar-refractivity contribution in [2.45, 2.75) is 75.5 Å². The third kappa shape index (κ3) is 4.03. The molecule has 0 amide bonds. The highest BCUT2D eigenvalue weighted by Gasteiger charge is 2.80.